The van der Waals surface area contributed by atoms with Crippen LogP contribution in [0, 0.1) is 12.1 Å². The first-order valence-corrected chi connectivity index (χ1v) is 10.3. The number of carbonyl (C=O) groups excluding carboxylic acids is 1. The average molecular weight is 409 g/mol. The van der Waals surface area contributed by atoms with E-state index in [9.17, 15) is 10.0 Å². The van der Waals surface area contributed by atoms with Gasteiger partial charge >= 0.3 is 0 Å². The zero-order valence-corrected chi connectivity index (χ0v) is 17.1. The van der Waals surface area contributed by atoms with Gasteiger partial charge in [-0.25, -0.2) is 4.68 Å². The molecule has 150 valence electrons. The van der Waals surface area contributed by atoms with Crippen LogP contribution >= 0.6 is 11.3 Å². The van der Waals surface area contributed by atoms with Crippen LogP contribution in [0.4, 0.5) is 5.82 Å². The van der Waals surface area contributed by atoms with Crippen LogP contribution in [0.3, 0.4) is 0 Å². The molecule has 0 fully saturated rings. The van der Waals surface area contributed by atoms with Gasteiger partial charge < -0.3 is 20.7 Å². The van der Waals surface area contributed by atoms with Crippen LogP contribution in [0.5, 0.6) is 0 Å². The van der Waals surface area contributed by atoms with Gasteiger partial charge in [0.05, 0.1) is 17.9 Å². The Kier molecular flexibility index (Phi) is 5.37. The number of anilines is 1. The lowest BCUT2D eigenvalue weighted by atomic mass is 10.1. The van der Waals surface area contributed by atoms with Crippen LogP contribution in [0.2, 0.25) is 0 Å². The molecule has 0 atom stereocenters. The maximum atomic E-state index is 12.9. The number of allylic oxidation sites excluding steroid dienone is 1. The average Bonchev–Trinajstić information content (AvgIpc) is 3.37. The molecule has 8 heteroatoms. The standard InChI is InChI=1S/C21H22N5O2S/c1-15-14-24(11-10-19(27)22-13-18-9-6-12-29-18)26(28)21-20(15)16(2)25(23-21)17-7-4-3-5-8-17/h3-9,12,14H,10-11,13H2,1-2H3,(H,22,27)/q-1. The fourth-order valence-corrected chi connectivity index (χ4v) is 4.07. The highest BCUT2D eigenvalue weighted by molar-refractivity contribution is 7.09. The summed E-state index contributed by atoms with van der Waals surface area (Å²) in [7, 11) is 0. The first-order valence-electron chi connectivity index (χ1n) is 9.41. The third kappa shape index (κ3) is 3.90. The number of rotatable bonds is 6. The van der Waals surface area contributed by atoms with Crippen molar-refractivity contribution in [2.45, 2.75) is 26.8 Å². The topological polar surface area (TPSA) is 76.5 Å². The zero-order chi connectivity index (χ0) is 20.4. The van der Waals surface area contributed by atoms with Crippen molar-refractivity contribution in [1.82, 2.24) is 20.1 Å². The van der Waals surface area contributed by atoms with E-state index in [-0.39, 0.29) is 18.9 Å². The molecular formula is C21H22N5O2S-. The quantitative estimate of drug-likeness (QED) is 0.671. The molecule has 0 saturated heterocycles. The molecule has 0 radical (unpaired) electrons. The molecule has 1 amide bonds. The summed E-state index contributed by atoms with van der Waals surface area (Å²) in [6.07, 6.45) is 2.01. The molecule has 4 rings (SSSR count). The molecule has 0 unspecified atom stereocenters. The highest BCUT2D eigenvalue weighted by Crippen LogP contribution is 2.35. The molecule has 1 aromatic carbocycles. The molecule has 2 aromatic heterocycles. The minimum Gasteiger partial charge on any atom is -0.737 e. The lowest BCUT2D eigenvalue weighted by Crippen LogP contribution is -2.39. The predicted molar refractivity (Wildman–Crippen MR) is 115 cm³/mol. The number of hydrogen-bond donors (Lipinski definition) is 1. The fraction of sp³-hybridized carbons (Fsp3) is 0.238. The Morgan fingerprint density at radius 2 is 1.97 bits per heavy atom. The number of para-hydroxylation sites is 1. The second kappa shape index (κ2) is 8.10. The molecule has 0 spiro atoms. The number of nitrogens with zero attached hydrogens (tertiary/aromatic N) is 4. The maximum Gasteiger partial charge on any atom is 0.222 e. The number of benzene rings is 1. The molecule has 1 aliphatic rings. The normalized spacial score (nSPS) is 13.3. The number of amides is 1. The first kappa shape index (κ1) is 19.2. The summed E-state index contributed by atoms with van der Waals surface area (Å²) in [5.41, 5.74) is 3.60. The van der Waals surface area contributed by atoms with Gasteiger partial charge in [0.25, 0.3) is 0 Å². The van der Waals surface area contributed by atoms with Crippen LogP contribution in [0.1, 0.15) is 29.5 Å². The van der Waals surface area contributed by atoms with Crippen molar-refractivity contribution in [2.24, 2.45) is 0 Å². The Balaban J connectivity index is 1.46. The minimum atomic E-state index is -0.0883. The summed E-state index contributed by atoms with van der Waals surface area (Å²) in [6, 6.07) is 13.7. The monoisotopic (exact) mass is 408 g/mol. The van der Waals surface area contributed by atoms with E-state index < -0.39 is 0 Å². The fourth-order valence-electron chi connectivity index (χ4n) is 3.42. The summed E-state index contributed by atoms with van der Waals surface area (Å²) < 4.78 is 1.78. The molecular weight excluding hydrogens is 386 g/mol. The van der Waals surface area contributed by atoms with E-state index in [1.54, 1.807) is 22.2 Å². The molecule has 1 aliphatic heterocycles. The molecule has 0 bridgehead atoms. The van der Waals surface area contributed by atoms with Gasteiger partial charge in [0.1, 0.15) is 0 Å². The molecule has 7 nitrogen and oxygen atoms in total. The number of nitrogens with one attached hydrogen (secondary N) is 1. The second-order valence-electron chi connectivity index (χ2n) is 6.89. The molecule has 1 N–H and O–H groups in total. The van der Waals surface area contributed by atoms with E-state index >= 15 is 0 Å². The van der Waals surface area contributed by atoms with Crippen molar-refractivity contribution in [1.29, 1.82) is 0 Å². The molecule has 0 saturated carbocycles. The Labute approximate surface area is 173 Å². The number of carbonyl (C=O) groups is 1. The number of thiophene rings is 1. The zero-order valence-electron chi connectivity index (χ0n) is 16.3. The van der Waals surface area contributed by atoms with Crippen molar-refractivity contribution in [3.8, 4) is 5.69 Å². The van der Waals surface area contributed by atoms with Crippen molar-refractivity contribution in [3.63, 3.8) is 0 Å². The van der Waals surface area contributed by atoms with E-state index in [1.807, 2.05) is 61.7 Å². The Morgan fingerprint density at radius 1 is 1.17 bits per heavy atom. The SMILES string of the molecule is CC1=CN(CCC(=O)NCc2cccs2)N([O-])c2nn(-c3ccccc3)c(C)c21. The van der Waals surface area contributed by atoms with Crippen LogP contribution < -0.4 is 10.5 Å². The van der Waals surface area contributed by atoms with Gasteiger partial charge in [0, 0.05) is 29.6 Å². The lowest BCUT2D eigenvalue weighted by molar-refractivity contribution is -0.121. The third-order valence-electron chi connectivity index (χ3n) is 4.86. The van der Waals surface area contributed by atoms with Gasteiger partial charge in [-0.1, -0.05) is 24.3 Å². The summed E-state index contributed by atoms with van der Waals surface area (Å²) in [5, 5.41) is 24.6. The van der Waals surface area contributed by atoms with E-state index in [1.165, 1.54) is 5.01 Å². The van der Waals surface area contributed by atoms with Crippen LogP contribution in [-0.4, -0.2) is 27.2 Å². The van der Waals surface area contributed by atoms with Crippen molar-refractivity contribution in [3.05, 3.63) is 75.4 Å². The summed E-state index contributed by atoms with van der Waals surface area (Å²) >= 11 is 1.60. The Hall–Kier alpha value is -3.10. The van der Waals surface area contributed by atoms with Gasteiger partial charge in [0.15, 0.2) is 5.82 Å². The largest absolute Gasteiger partial charge is 0.737 e. The third-order valence-corrected chi connectivity index (χ3v) is 5.73. The first-order chi connectivity index (χ1) is 14.0. The van der Waals surface area contributed by atoms with Crippen LogP contribution in [0.25, 0.3) is 11.3 Å². The van der Waals surface area contributed by atoms with E-state index in [0.29, 0.717) is 12.4 Å². The van der Waals surface area contributed by atoms with Crippen molar-refractivity contribution >= 4 is 28.6 Å². The summed E-state index contributed by atoms with van der Waals surface area (Å²) in [6.45, 7) is 4.71. The van der Waals surface area contributed by atoms with Gasteiger partial charge in [0.2, 0.25) is 5.91 Å². The molecule has 0 aliphatic carbocycles. The number of fused-ring (bicyclic) bond motifs is 1. The van der Waals surface area contributed by atoms with E-state index in [2.05, 4.69) is 10.4 Å². The van der Waals surface area contributed by atoms with Crippen molar-refractivity contribution < 1.29 is 4.79 Å². The van der Waals surface area contributed by atoms with E-state index in [0.717, 1.165) is 32.6 Å². The Bertz CT molecular complexity index is 1030. The summed E-state index contributed by atoms with van der Waals surface area (Å²) in [4.78, 5) is 13.3. The van der Waals surface area contributed by atoms with Gasteiger partial charge in [-0.15, -0.1) is 16.4 Å². The molecule has 3 heterocycles. The van der Waals surface area contributed by atoms with Crippen LogP contribution in [-0.2, 0) is 11.3 Å². The number of hydrazine groups is 1. The predicted octanol–water partition coefficient (Wildman–Crippen LogP) is 3.84. The second-order valence-corrected chi connectivity index (χ2v) is 7.92. The lowest BCUT2D eigenvalue weighted by Gasteiger charge is -2.42. The van der Waals surface area contributed by atoms with Gasteiger partial charge in [-0.05, 0) is 43.0 Å². The minimum absolute atomic E-state index is 0.0883. The molecule has 3 aromatic rings. The smallest absolute Gasteiger partial charge is 0.222 e. The van der Waals surface area contributed by atoms with Gasteiger partial charge in [-0.3, -0.25) is 4.79 Å². The van der Waals surface area contributed by atoms with Gasteiger partial charge in [-0.2, -0.15) is 0 Å². The van der Waals surface area contributed by atoms with E-state index in [4.69, 9.17) is 0 Å². The molecule has 29 heavy (non-hydrogen) atoms. The highest BCUT2D eigenvalue weighted by atomic mass is 32.1. The maximum absolute atomic E-state index is 12.9. The number of hydrogen-bond acceptors (Lipinski definition) is 6. The number of aromatic nitrogens is 2. The summed E-state index contributed by atoms with van der Waals surface area (Å²) in [5.74, 6) is 0.264. The van der Waals surface area contributed by atoms with Crippen molar-refractivity contribution in [2.75, 3.05) is 11.7 Å². The highest BCUT2D eigenvalue weighted by Gasteiger charge is 2.24. The van der Waals surface area contributed by atoms with Crippen LogP contribution in [0.15, 0.2) is 54.0 Å². The Morgan fingerprint density at radius 3 is 2.69 bits per heavy atom.